The van der Waals surface area contributed by atoms with Gasteiger partial charge in [-0.2, -0.15) is 0 Å². The van der Waals surface area contributed by atoms with Crippen LogP contribution in [0.1, 0.15) is 19.5 Å². The molecule has 0 aliphatic carbocycles. The van der Waals surface area contributed by atoms with Gasteiger partial charge in [0, 0.05) is 12.1 Å². The number of aromatic amines is 1. The highest BCUT2D eigenvalue weighted by atomic mass is 79.9. The number of hydrogen-bond donors (Lipinski definition) is 2. The smallest absolute Gasteiger partial charge is 0.175 e. The van der Waals surface area contributed by atoms with E-state index in [0.717, 1.165) is 22.7 Å². The number of nitrogens with zero attached hydrogens (tertiary/aromatic N) is 1. The molecule has 18 heavy (non-hydrogen) atoms. The molecular formula is C13H16BrN3O. The van der Waals surface area contributed by atoms with Gasteiger partial charge in [0.1, 0.15) is 5.75 Å². The van der Waals surface area contributed by atoms with Crippen molar-refractivity contribution >= 4 is 15.9 Å². The maximum Gasteiger partial charge on any atom is 0.175 e. The summed E-state index contributed by atoms with van der Waals surface area (Å²) in [6, 6.07) is 7.86. The van der Waals surface area contributed by atoms with Gasteiger partial charge in [0.05, 0.1) is 17.5 Å². The summed E-state index contributed by atoms with van der Waals surface area (Å²) >= 11 is 3.32. The molecule has 0 unspecified atom stereocenters. The molecule has 0 amide bonds. The van der Waals surface area contributed by atoms with E-state index in [1.807, 2.05) is 38.1 Å². The van der Waals surface area contributed by atoms with Crippen LogP contribution in [0.25, 0.3) is 11.3 Å². The van der Waals surface area contributed by atoms with E-state index in [-0.39, 0.29) is 6.10 Å². The monoisotopic (exact) mass is 309 g/mol. The Balaban J connectivity index is 2.28. The van der Waals surface area contributed by atoms with E-state index in [9.17, 15) is 0 Å². The van der Waals surface area contributed by atoms with Gasteiger partial charge < -0.3 is 15.5 Å². The molecule has 3 N–H and O–H groups in total. The molecular weight excluding hydrogens is 294 g/mol. The average molecular weight is 310 g/mol. The first-order valence-corrected chi connectivity index (χ1v) is 6.61. The molecule has 1 aromatic carbocycles. The van der Waals surface area contributed by atoms with E-state index in [0.29, 0.717) is 11.3 Å². The Kier molecular flexibility index (Phi) is 4.04. The van der Waals surface area contributed by atoms with Crippen LogP contribution in [0.4, 0.5) is 0 Å². The van der Waals surface area contributed by atoms with Crippen LogP contribution in [0.3, 0.4) is 0 Å². The van der Waals surface area contributed by atoms with Crippen LogP contribution >= 0.6 is 15.9 Å². The van der Waals surface area contributed by atoms with Crippen LogP contribution in [0, 0.1) is 0 Å². The van der Waals surface area contributed by atoms with Crippen molar-refractivity contribution in [2.45, 2.75) is 26.5 Å². The van der Waals surface area contributed by atoms with E-state index >= 15 is 0 Å². The fourth-order valence-corrected chi connectivity index (χ4v) is 2.14. The van der Waals surface area contributed by atoms with E-state index in [4.69, 9.17) is 10.5 Å². The maximum atomic E-state index is 5.68. The number of imidazole rings is 1. The first kappa shape index (κ1) is 13.1. The van der Waals surface area contributed by atoms with Gasteiger partial charge in [-0.15, -0.1) is 0 Å². The van der Waals surface area contributed by atoms with Crippen LogP contribution in [0.2, 0.25) is 0 Å². The third-order valence-corrected chi connectivity index (χ3v) is 2.83. The Hall–Kier alpha value is -1.33. The summed E-state index contributed by atoms with van der Waals surface area (Å²) in [7, 11) is 0. The summed E-state index contributed by atoms with van der Waals surface area (Å²) in [5.74, 6) is 0.859. The largest absolute Gasteiger partial charge is 0.491 e. The highest BCUT2D eigenvalue weighted by Gasteiger charge is 2.10. The number of benzene rings is 1. The SMILES string of the molecule is CC(C)Oc1ccc(-c2nc(Br)[nH]c2CN)cc1. The molecule has 0 aliphatic heterocycles. The highest BCUT2D eigenvalue weighted by Crippen LogP contribution is 2.25. The minimum absolute atomic E-state index is 0.176. The first-order valence-electron chi connectivity index (χ1n) is 5.81. The number of ether oxygens (including phenoxy) is 1. The minimum Gasteiger partial charge on any atom is -0.491 e. The fourth-order valence-electron chi connectivity index (χ4n) is 1.73. The molecule has 0 radical (unpaired) electrons. The van der Waals surface area contributed by atoms with Crippen molar-refractivity contribution in [3.63, 3.8) is 0 Å². The van der Waals surface area contributed by atoms with Crippen molar-refractivity contribution in [1.82, 2.24) is 9.97 Å². The molecule has 96 valence electrons. The lowest BCUT2D eigenvalue weighted by molar-refractivity contribution is 0.242. The van der Waals surface area contributed by atoms with Crippen molar-refractivity contribution in [2.75, 3.05) is 0 Å². The van der Waals surface area contributed by atoms with Crippen LogP contribution in [0.15, 0.2) is 29.0 Å². The van der Waals surface area contributed by atoms with Gasteiger partial charge in [0.15, 0.2) is 4.73 Å². The molecule has 5 heteroatoms. The minimum atomic E-state index is 0.176. The molecule has 0 aliphatic rings. The maximum absolute atomic E-state index is 5.68. The highest BCUT2D eigenvalue weighted by molar-refractivity contribution is 9.10. The fraction of sp³-hybridized carbons (Fsp3) is 0.308. The van der Waals surface area contributed by atoms with Crippen molar-refractivity contribution in [2.24, 2.45) is 5.73 Å². The van der Waals surface area contributed by atoms with Gasteiger partial charge in [-0.3, -0.25) is 0 Å². The van der Waals surface area contributed by atoms with Crippen molar-refractivity contribution in [3.05, 3.63) is 34.7 Å². The Morgan fingerprint density at radius 3 is 2.56 bits per heavy atom. The van der Waals surface area contributed by atoms with Gasteiger partial charge in [0.2, 0.25) is 0 Å². The Bertz CT molecular complexity index is 520. The standard InChI is InChI=1S/C13H16BrN3O/c1-8(2)18-10-5-3-9(4-6-10)12-11(7-15)16-13(14)17-12/h3-6,8H,7,15H2,1-2H3,(H,16,17). The van der Waals surface area contributed by atoms with E-state index < -0.39 is 0 Å². The lowest BCUT2D eigenvalue weighted by Gasteiger charge is -2.09. The number of rotatable bonds is 4. The molecule has 0 spiro atoms. The number of halogens is 1. The van der Waals surface area contributed by atoms with Crippen LogP contribution in [0.5, 0.6) is 5.75 Å². The first-order chi connectivity index (χ1) is 8.60. The van der Waals surface area contributed by atoms with Crippen molar-refractivity contribution in [3.8, 4) is 17.0 Å². The summed E-state index contributed by atoms with van der Waals surface area (Å²) in [6.07, 6.45) is 0.176. The zero-order chi connectivity index (χ0) is 13.1. The van der Waals surface area contributed by atoms with E-state index in [2.05, 4.69) is 25.9 Å². The number of H-pyrrole nitrogens is 1. The number of hydrogen-bond acceptors (Lipinski definition) is 3. The number of aromatic nitrogens is 2. The number of nitrogens with two attached hydrogens (primary N) is 1. The summed E-state index contributed by atoms with van der Waals surface area (Å²) in [5.41, 5.74) is 8.49. The lowest BCUT2D eigenvalue weighted by atomic mass is 10.1. The van der Waals surface area contributed by atoms with Gasteiger partial charge in [-0.1, -0.05) is 0 Å². The quantitative estimate of drug-likeness (QED) is 0.912. The topological polar surface area (TPSA) is 63.9 Å². The second-order valence-corrected chi connectivity index (χ2v) is 5.00. The summed E-state index contributed by atoms with van der Waals surface area (Å²) in [4.78, 5) is 7.47. The summed E-state index contributed by atoms with van der Waals surface area (Å²) < 4.78 is 6.30. The Labute approximate surface area is 115 Å². The average Bonchev–Trinajstić information content (AvgIpc) is 2.71. The van der Waals surface area contributed by atoms with Crippen LogP contribution < -0.4 is 10.5 Å². The molecule has 0 atom stereocenters. The molecule has 0 saturated carbocycles. The Morgan fingerprint density at radius 1 is 1.33 bits per heavy atom. The van der Waals surface area contributed by atoms with Crippen molar-refractivity contribution in [1.29, 1.82) is 0 Å². The molecule has 4 nitrogen and oxygen atoms in total. The zero-order valence-electron chi connectivity index (χ0n) is 10.4. The van der Waals surface area contributed by atoms with E-state index in [1.165, 1.54) is 0 Å². The van der Waals surface area contributed by atoms with Crippen LogP contribution in [-0.2, 0) is 6.54 Å². The molecule has 0 saturated heterocycles. The summed E-state index contributed by atoms with van der Waals surface area (Å²) in [6.45, 7) is 4.44. The normalized spacial score (nSPS) is 10.9. The third kappa shape index (κ3) is 2.91. The molecule has 0 fully saturated rings. The predicted molar refractivity (Wildman–Crippen MR) is 75.4 cm³/mol. The third-order valence-electron chi connectivity index (χ3n) is 2.45. The van der Waals surface area contributed by atoms with Gasteiger partial charge in [-0.25, -0.2) is 4.98 Å². The second kappa shape index (κ2) is 5.54. The predicted octanol–water partition coefficient (Wildman–Crippen LogP) is 3.09. The molecule has 2 aromatic rings. The van der Waals surface area contributed by atoms with Gasteiger partial charge in [0.25, 0.3) is 0 Å². The van der Waals surface area contributed by atoms with Gasteiger partial charge >= 0.3 is 0 Å². The molecule has 1 aromatic heterocycles. The second-order valence-electron chi connectivity index (χ2n) is 4.25. The molecule has 2 rings (SSSR count). The molecule has 1 heterocycles. The van der Waals surface area contributed by atoms with E-state index in [1.54, 1.807) is 0 Å². The summed E-state index contributed by atoms with van der Waals surface area (Å²) in [5, 5.41) is 0. The number of nitrogens with one attached hydrogen (secondary N) is 1. The Morgan fingerprint density at radius 2 is 2.00 bits per heavy atom. The van der Waals surface area contributed by atoms with Crippen molar-refractivity contribution < 1.29 is 4.74 Å². The van der Waals surface area contributed by atoms with Crippen LogP contribution in [-0.4, -0.2) is 16.1 Å². The zero-order valence-corrected chi connectivity index (χ0v) is 12.0. The van der Waals surface area contributed by atoms with Gasteiger partial charge in [-0.05, 0) is 54.0 Å². The molecule has 0 bridgehead atoms. The lowest BCUT2D eigenvalue weighted by Crippen LogP contribution is -2.05.